The molecule has 0 bridgehead atoms. The molecule has 11 heavy (non-hydrogen) atoms. The molecular weight excluding hydrogens is 140 g/mol. The van der Waals surface area contributed by atoms with Gasteiger partial charge in [-0.1, -0.05) is 20.3 Å². The van der Waals surface area contributed by atoms with E-state index in [9.17, 15) is 4.79 Å². The van der Waals surface area contributed by atoms with E-state index in [2.05, 4.69) is 6.92 Å². The van der Waals surface area contributed by atoms with Gasteiger partial charge in [-0.25, -0.2) is 0 Å². The molecule has 0 saturated heterocycles. The smallest absolute Gasteiger partial charge is 0.307 e. The van der Waals surface area contributed by atoms with Crippen molar-refractivity contribution in [3.05, 3.63) is 0 Å². The Morgan fingerprint density at radius 1 is 1.64 bits per heavy atom. The summed E-state index contributed by atoms with van der Waals surface area (Å²) >= 11 is 0. The summed E-state index contributed by atoms with van der Waals surface area (Å²) in [6.45, 7) is 4.10. The van der Waals surface area contributed by atoms with Crippen LogP contribution < -0.4 is 0 Å². The van der Waals surface area contributed by atoms with Crippen LogP contribution in [0.15, 0.2) is 0 Å². The number of hydrogen-bond donors (Lipinski definition) is 1. The Morgan fingerprint density at radius 2 is 2.18 bits per heavy atom. The summed E-state index contributed by atoms with van der Waals surface area (Å²) in [7, 11) is 0. The highest BCUT2D eigenvalue weighted by Crippen LogP contribution is 2.41. The molecule has 2 atom stereocenters. The van der Waals surface area contributed by atoms with Gasteiger partial charge in [0.05, 0.1) is 5.92 Å². The maximum absolute atomic E-state index is 10.8. The zero-order valence-corrected chi connectivity index (χ0v) is 7.21. The van der Waals surface area contributed by atoms with E-state index in [1.54, 1.807) is 0 Å². The van der Waals surface area contributed by atoms with Gasteiger partial charge in [0.1, 0.15) is 0 Å². The quantitative estimate of drug-likeness (QED) is 0.677. The fraction of sp³-hybridized carbons (Fsp3) is 0.889. The first-order valence-electron chi connectivity index (χ1n) is 4.39. The van der Waals surface area contributed by atoms with E-state index < -0.39 is 5.97 Å². The van der Waals surface area contributed by atoms with Crippen LogP contribution in [0.5, 0.6) is 0 Å². The Hall–Kier alpha value is -0.530. The Kier molecular flexibility index (Phi) is 2.53. The monoisotopic (exact) mass is 156 g/mol. The SMILES string of the molecule is CCC(C)C(C(=O)O)C1CC1. The fourth-order valence-corrected chi connectivity index (χ4v) is 1.62. The molecule has 1 N–H and O–H groups in total. The minimum absolute atomic E-state index is 0.0694. The van der Waals surface area contributed by atoms with Gasteiger partial charge in [0.15, 0.2) is 0 Å². The number of rotatable bonds is 4. The molecular formula is C9H16O2. The second-order valence-corrected chi connectivity index (χ2v) is 3.59. The first-order chi connectivity index (χ1) is 5.16. The van der Waals surface area contributed by atoms with Crippen LogP contribution in [0.1, 0.15) is 33.1 Å². The fourth-order valence-electron chi connectivity index (χ4n) is 1.62. The van der Waals surface area contributed by atoms with Crippen LogP contribution in [-0.4, -0.2) is 11.1 Å². The molecule has 2 unspecified atom stereocenters. The first kappa shape index (κ1) is 8.57. The summed E-state index contributed by atoms with van der Waals surface area (Å²) in [6.07, 6.45) is 3.23. The molecule has 0 radical (unpaired) electrons. The van der Waals surface area contributed by atoms with Gasteiger partial charge in [0.25, 0.3) is 0 Å². The van der Waals surface area contributed by atoms with E-state index in [0.717, 1.165) is 19.3 Å². The molecule has 0 aromatic heterocycles. The number of hydrogen-bond acceptors (Lipinski definition) is 1. The third kappa shape index (κ3) is 1.95. The maximum atomic E-state index is 10.8. The van der Waals surface area contributed by atoms with Gasteiger partial charge in [-0.05, 0) is 24.7 Å². The van der Waals surface area contributed by atoms with E-state index in [1.807, 2.05) is 6.92 Å². The highest BCUT2D eigenvalue weighted by Gasteiger charge is 2.38. The molecule has 0 spiro atoms. The molecule has 0 heterocycles. The third-order valence-electron chi connectivity index (χ3n) is 2.67. The summed E-state index contributed by atoms with van der Waals surface area (Å²) in [5.74, 6) is 0.171. The number of aliphatic carboxylic acids is 1. The summed E-state index contributed by atoms with van der Waals surface area (Å²) in [4.78, 5) is 10.8. The van der Waals surface area contributed by atoms with Gasteiger partial charge in [-0.2, -0.15) is 0 Å². The predicted octanol–water partition coefficient (Wildman–Crippen LogP) is 2.14. The number of carboxylic acid groups (broad SMARTS) is 1. The molecule has 1 fully saturated rings. The molecule has 1 aliphatic rings. The van der Waals surface area contributed by atoms with Crippen molar-refractivity contribution in [1.29, 1.82) is 0 Å². The predicted molar refractivity (Wildman–Crippen MR) is 43.3 cm³/mol. The lowest BCUT2D eigenvalue weighted by Crippen LogP contribution is -2.23. The van der Waals surface area contributed by atoms with Gasteiger partial charge >= 0.3 is 5.97 Å². The molecule has 0 aliphatic heterocycles. The van der Waals surface area contributed by atoms with E-state index >= 15 is 0 Å². The van der Waals surface area contributed by atoms with Gasteiger partial charge in [-0.3, -0.25) is 4.79 Å². The van der Waals surface area contributed by atoms with Crippen LogP contribution in [0.3, 0.4) is 0 Å². The Bertz CT molecular complexity index is 150. The lowest BCUT2D eigenvalue weighted by Gasteiger charge is -2.17. The molecule has 1 aliphatic carbocycles. The highest BCUT2D eigenvalue weighted by atomic mass is 16.4. The summed E-state index contributed by atoms with van der Waals surface area (Å²) in [5, 5.41) is 8.89. The normalized spacial score (nSPS) is 22.7. The van der Waals surface area contributed by atoms with E-state index in [0.29, 0.717) is 11.8 Å². The lowest BCUT2D eigenvalue weighted by molar-refractivity contribution is -0.144. The van der Waals surface area contributed by atoms with Crippen LogP contribution in [0.4, 0.5) is 0 Å². The zero-order valence-electron chi connectivity index (χ0n) is 7.21. The Balaban J connectivity index is 2.50. The first-order valence-corrected chi connectivity index (χ1v) is 4.39. The van der Waals surface area contributed by atoms with Crippen LogP contribution in [0.2, 0.25) is 0 Å². The molecule has 1 saturated carbocycles. The van der Waals surface area contributed by atoms with Crippen LogP contribution in [0, 0.1) is 17.8 Å². The molecule has 2 nitrogen and oxygen atoms in total. The summed E-state index contributed by atoms with van der Waals surface area (Å²) < 4.78 is 0. The minimum Gasteiger partial charge on any atom is -0.481 e. The molecule has 64 valence electrons. The van der Waals surface area contributed by atoms with Crippen molar-refractivity contribution >= 4 is 5.97 Å². The highest BCUT2D eigenvalue weighted by molar-refractivity contribution is 5.71. The van der Waals surface area contributed by atoms with Gasteiger partial charge in [0, 0.05) is 0 Å². The van der Waals surface area contributed by atoms with Gasteiger partial charge in [0.2, 0.25) is 0 Å². The summed E-state index contributed by atoms with van der Waals surface area (Å²) in [5.41, 5.74) is 0. The minimum atomic E-state index is -0.596. The second-order valence-electron chi connectivity index (χ2n) is 3.59. The van der Waals surface area contributed by atoms with Gasteiger partial charge < -0.3 is 5.11 Å². The van der Waals surface area contributed by atoms with Crippen molar-refractivity contribution < 1.29 is 9.90 Å². The van der Waals surface area contributed by atoms with Crippen molar-refractivity contribution in [2.24, 2.45) is 17.8 Å². The van der Waals surface area contributed by atoms with E-state index in [4.69, 9.17) is 5.11 Å². The summed E-state index contributed by atoms with van der Waals surface area (Å²) in [6, 6.07) is 0. The van der Waals surface area contributed by atoms with Crippen LogP contribution in [-0.2, 0) is 4.79 Å². The molecule has 0 aromatic rings. The molecule has 0 amide bonds. The molecule has 1 rings (SSSR count). The number of carboxylic acids is 1. The number of carbonyl (C=O) groups is 1. The Morgan fingerprint density at radius 3 is 2.45 bits per heavy atom. The second kappa shape index (κ2) is 3.24. The lowest BCUT2D eigenvalue weighted by atomic mass is 9.88. The van der Waals surface area contributed by atoms with E-state index in [1.165, 1.54) is 0 Å². The zero-order chi connectivity index (χ0) is 8.43. The maximum Gasteiger partial charge on any atom is 0.307 e. The largest absolute Gasteiger partial charge is 0.481 e. The van der Waals surface area contributed by atoms with Crippen molar-refractivity contribution in [1.82, 2.24) is 0 Å². The molecule has 0 aromatic carbocycles. The van der Waals surface area contributed by atoms with Gasteiger partial charge in [-0.15, -0.1) is 0 Å². The average molecular weight is 156 g/mol. The van der Waals surface area contributed by atoms with Crippen molar-refractivity contribution in [2.75, 3.05) is 0 Å². The van der Waals surface area contributed by atoms with Crippen molar-refractivity contribution in [3.8, 4) is 0 Å². The Labute approximate surface area is 67.6 Å². The van der Waals surface area contributed by atoms with Crippen molar-refractivity contribution in [3.63, 3.8) is 0 Å². The van der Waals surface area contributed by atoms with Crippen LogP contribution in [0.25, 0.3) is 0 Å². The molecule has 2 heteroatoms. The topological polar surface area (TPSA) is 37.3 Å². The van der Waals surface area contributed by atoms with Crippen LogP contribution >= 0.6 is 0 Å². The van der Waals surface area contributed by atoms with Crippen molar-refractivity contribution in [2.45, 2.75) is 33.1 Å². The third-order valence-corrected chi connectivity index (χ3v) is 2.67. The average Bonchev–Trinajstić information content (AvgIpc) is 2.71. The van der Waals surface area contributed by atoms with E-state index in [-0.39, 0.29) is 5.92 Å². The standard InChI is InChI=1S/C9H16O2/c1-3-6(2)8(9(10)11)7-4-5-7/h6-8H,3-5H2,1-2H3,(H,10,11).